The van der Waals surface area contributed by atoms with Gasteiger partial charge in [0.05, 0.1) is 7.11 Å². The van der Waals surface area contributed by atoms with E-state index < -0.39 is 23.7 Å². The molecule has 0 aliphatic rings. The van der Waals surface area contributed by atoms with E-state index in [1.165, 1.54) is 25.3 Å². The summed E-state index contributed by atoms with van der Waals surface area (Å²) in [5.74, 6) is -1.26. The summed E-state index contributed by atoms with van der Waals surface area (Å²) in [6, 6.07) is 14.2. The summed E-state index contributed by atoms with van der Waals surface area (Å²) in [4.78, 5) is 25.4. The zero-order valence-electron chi connectivity index (χ0n) is 15.1. The molecule has 1 heterocycles. The maximum absolute atomic E-state index is 13.3. The number of nitrogens with one attached hydrogen (secondary N) is 1. The van der Waals surface area contributed by atoms with Gasteiger partial charge in [0.15, 0.2) is 0 Å². The van der Waals surface area contributed by atoms with E-state index in [1.54, 1.807) is 6.07 Å². The van der Waals surface area contributed by atoms with Gasteiger partial charge in [-0.15, -0.1) is 10.2 Å². The van der Waals surface area contributed by atoms with Crippen LogP contribution >= 0.6 is 0 Å². The maximum Gasteiger partial charge on any atom is 0.328 e. The number of amides is 1. The van der Waals surface area contributed by atoms with E-state index >= 15 is 0 Å². The molecule has 0 bridgehead atoms. The number of halogens is 1. The van der Waals surface area contributed by atoms with E-state index in [0.717, 1.165) is 10.4 Å². The summed E-state index contributed by atoms with van der Waals surface area (Å²) in [6.07, 6.45) is 0.290. The number of nitrogens with zero attached hydrogens (tertiary/aromatic N) is 4. The van der Waals surface area contributed by atoms with Gasteiger partial charge < -0.3 is 10.1 Å². The van der Waals surface area contributed by atoms with Crippen LogP contribution < -0.4 is 5.32 Å². The maximum atomic E-state index is 13.3. The Bertz CT molecular complexity index is 961. The fourth-order valence-corrected chi connectivity index (χ4v) is 2.61. The average molecular weight is 383 g/mol. The highest BCUT2D eigenvalue weighted by Crippen LogP contribution is 2.14. The van der Waals surface area contributed by atoms with Gasteiger partial charge >= 0.3 is 5.97 Å². The van der Waals surface area contributed by atoms with Crippen LogP contribution in [0, 0.1) is 5.82 Å². The van der Waals surface area contributed by atoms with Crippen LogP contribution in [0.25, 0.3) is 11.4 Å². The van der Waals surface area contributed by atoms with Gasteiger partial charge in [-0.1, -0.05) is 42.5 Å². The number of rotatable bonds is 7. The van der Waals surface area contributed by atoms with Crippen molar-refractivity contribution < 1.29 is 18.7 Å². The van der Waals surface area contributed by atoms with Crippen molar-refractivity contribution in [1.82, 2.24) is 25.5 Å². The van der Waals surface area contributed by atoms with Crippen LogP contribution in [-0.2, 0) is 27.3 Å². The van der Waals surface area contributed by atoms with Crippen LogP contribution in [0.4, 0.5) is 4.39 Å². The van der Waals surface area contributed by atoms with Crippen molar-refractivity contribution >= 4 is 11.9 Å². The van der Waals surface area contributed by atoms with Crippen molar-refractivity contribution in [2.24, 2.45) is 0 Å². The number of benzene rings is 2. The number of aromatic nitrogens is 4. The molecule has 0 spiro atoms. The van der Waals surface area contributed by atoms with Gasteiger partial charge in [-0.25, -0.2) is 9.18 Å². The van der Waals surface area contributed by atoms with Crippen LogP contribution in [-0.4, -0.2) is 45.2 Å². The lowest BCUT2D eigenvalue weighted by Gasteiger charge is -2.16. The Morgan fingerprint density at radius 1 is 1.18 bits per heavy atom. The van der Waals surface area contributed by atoms with Crippen molar-refractivity contribution in [3.63, 3.8) is 0 Å². The number of esters is 1. The van der Waals surface area contributed by atoms with E-state index in [-0.39, 0.29) is 12.4 Å². The molecule has 9 heteroatoms. The Hall–Kier alpha value is -3.62. The van der Waals surface area contributed by atoms with Crippen LogP contribution in [0.1, 0.15) is 5.56 Å². The normalized spacial score (nSPS) is 11.6. The van der Waals surface area contributed by atoms with Gasteiger partial charge in [0.2, 0.25) is 11.7 Å². The zero-order chi connectivity index (χ0) is 19.9. The topological polar surface area (TPSA) is 99.0 Å². The van der Waals surface area contributed by atoms with E-state index in [9.17, 15) is 14.0 Å². The Balaban J connectivity index is 1.65. The number of carbonyl (C=O) groups excluding carboxylic acids is 2. The first-order valence-corrected chi connectivity index (χ1v) is 8.50. The van der Waals surface area contributed by atoms with Gasteiger partial charge in [-0.3, -0.25) is 4.79 Å². The first kappa shape index (κ1) is 19.2. The second-order valence-corrected chi connectivity index (χ2v) is 5.99. The molecular formula is C19H18FN5O3. The van der Waals surface area contributed by atoms with Gasteiger partial charge in [0.1, 0.15) is 18.4 Å². The monoisotopic (exact) mass is 383 g/mol. The fourth-order valence-electron chi connectivity index (χ4n) is 2.61. The Labute approximate surface area is 160 Å². The molecule has 1 N–H and O–H groups in total. The summed E-state index contributed by atoms with van der Waals surface area (Å²) in [5, 5.41) is 14.3. The van der Waals surface area contributed by atoms with E-state index in [4.69, 9.17) is 4.74 Å². The largest absolute Gasteiger partial charge is 0.467 e. The number of ether oxygens (including phenoxy) is 1. The fraction of sp³-hybridized carbons (Fsp3) is 0.211. The number of carbonyl (C=O) groups is 2. The van der Waals surface area contributed by atoms with E-state index in [2.05, 4.69) is 20.7 Å². The molecule has 0 fully saturated rings. The molecule has 1 atom stereocenters. The highest BCUT2D eigenvalue weighted by Gasteiger charge is 2.22. The molecule has 3 rings (SSSR count). The molecule has 0 radical (unpaired) electrons. The predicted octanol–water partition coefficient (Wildman–Crippen LogP) is 1.38. The first-order chi connectivity index (χ1) is 13.5. The summed E-state index contributed by atoms with van der Waals surface area (Å²) < 4.78 is 18.1. The van der Waals surface area contributed by atoms with Crippen LogP contribution in [0.5, 0.6) is 0 Å². The minimum Gasteiger partial charge on any atom is -0.467 e. The minimum atomic E-state index is -0.842. The summed E-state index contributed by atoms with van der Waals surface area (Å²) in [5.41, 5.74) is 1.33. The van der Waals surface area contributed by atoms with Crippen LogP contribution in [0.3, 0.4) is 0 Å². The smallest absolute Gasteiger partial charge is 0.328 e. The molecule has 8 nitrogen and oxygen atoms in total. The quantitative estimate of drug-likeness (QED) is 0.619. The van der Waals surface area contributed by atoms with Crippen molar-refractivity contribution in [3.8, 4) is 11.4 Å². The standard InChI is InChI=1S/C19H18FN5O3/c1-28-19(27)16(10-13-6-3-2-4-7-13)21-17(26)12-25-23-18(22-24-25)14-8-5-9-15(20)11-14/h2-9,11,16H,10,12H2,1H3,(H,21,26)/t16-/m1/s1. The average Bonchev–Trinajstić information content (AvgIpc) is 3.16. The first-order valence-electron chi connectivity index (χ1n) is 8.50. The highest BCUT2D eigenvalue weighted by atomic mass is 19.1. The predicted molar refractivity (Wildman–Crippen MR) is 97.3 cm³/mol. The van der Waals surface area contributed by atoms with E-state index in [0.29, 0.717) is 12.0 Å². The molecular weight excluding hydrogens is 365 g/mol. The summed E-state index contributed by atoms with van der Waals surface area (Å²) in [7, 11) is 1.26. The number of hydrogen-bond acceptors (Lipinski definition) is 6. The number of tetrazole rings is 1. The van der Waals surface area contributed by atoms with Crippen molar-refractivity contribution in [3.05, 3.63) is 66.0 Å². The molecule has 144 valence electrons. The molecule has 2 aromatic carbocycles. The number of hydrogen-bond donors (Lipinski definition) is 1. The third-order valence-corrected chi connectivity index (χ3v) is 3.92. The molecule has 3 aromatic rings. The third-order valence-electron chi connectivity index (χ3n) is 3.92. The van der Waals surface area contributed by atoms with Gasteiger partial charge in [0, 0.05) is 12.0 Å². The van der Waals surface area contributed by atoms with Crippen LogP contribution in [0.15, 0.2) is 54.6 Å². The minimum absolute atomic E-state index is 0.195. The molecule has 0 saturated heterocycles. The van der Waals surface area contributed by atoms with Gasteiger partial charge in [-0.05, 0) is 22.9 Å². The molecule has 0 aliphatic carbocycles. The summed E-state index contributed by atoms with van der Waals surface area (Å²) in [6.45, 7) is -0.245. The summed E-state index contributed by atoms with van der Waals surface area (Å²) >= 11 is 0. The molecule has 28 heavy (non-hydrogen) atoms. The molecule has 0 unspecified atom stereocenters. The number of methoxy groups -OCH3 is 1. The zero-order valence-corrected chi connectivity index (χ0v) is 15.1. The third kappa shape index (κ3) is 4.97. The highest BCUT2D eigenvalue weighted by molar-refractivity contribution is 5.84. The molecule has 1 aromatic heterocycles. The lowest BCUT2D eigenvalue weighted by Crippen LogP contribution is -2.44. The molecule has 1 amide bonds. The SMILES string of the molecule is COC(=O)[C@@H](Cc1ccccc1)NC(=O)Cn1nnc(-c2cccc(F)c2)n1. The molecule has 0 saturated carbocycles. The van der Waals surface area contributed by atoms with Crippen molar-refractivity contribution in [2.45, 2.75) is 19.0 Å². The van der Waals surface area contributed by atoms with Crippen LogP contribution in [0.2, 0.25) is 0 Å². The Morgan fingerprint density at radius 2 is 1.96 bits per heavy atom. The van der Waals surface area contributed by atoms with Crippen molar-refractivity contribution in [1.29, 1.82) is 0 Å². The Kier molecular flexibility index (Phi) is 6.05. The van der Waals surface area contributed by atoms with E-state index in [1.807, 2.05) is 30.3 Å². The second kappa shape index (κ2) is 8.85. The van der Waals surface area contributed by atoms with Crippen molar-refractivity contribution in [2.75, 3.05) is 7.11 Å². The lowest BCUT2D eigenvalue weighted by atomic mass is 10.1. The van der Waals surface area contributed by atoms with Gasteiger partial charge in [0.25, 0.3) is 0 Å². The van der Waals surface area contributed by atoms with Gasteiger partial charge in [-0.2, -0.15) is 4.80 Å². The molecule has 0 aliphatic heterocycles. The lowest BCUT2D eigenvalue weighted by molar-refractivity contribution is -0.145. The second-order valence-electron chi connectivity index (χ2n) is 5.99. The Morgan fingerprint density at radius 3 is 2.68 bits per heavy atom.